The molecule has 0 bridgehead atoms. The van der Waals surface area contributed by atoms with E-state index in [0.29, 0.717) is 25.1 Å². The average Bonchev–Trinajstić information content (AvgIpc) is 3.59. The Morgan fingerprint density at radius 1 is 1.21 bits per heavy atom. The predicted octanol–water partition coefficient (Wildman–Crippen LogP) is 2.92. The Kier molecular flexibility index (Phi) is 6.94. The van der Waals surface area contributed by atoms with Crippen LogP contribution in [0.25, 0.3) is 0 Å². The van der Waals surface area contributed by atoms with Gasteiger partial charge in [-0.1, -0.05) is 12.8 Å². The first-order valence-corrected chi connectivity index (χ1v) is 12.9. The molecule has 10 heteroatoms. The average molecular weight is 478 g/mol. The third-order valence-corrected chi connectivity index (χ3v) is 8.39. The highest BCUT2D eigenvalue weighted by Crippen LogP contribution is 2.32. The zero-order valence-corrected chi connectivity index (χ0v) is 19.9. The lowest BCUT2D eigenvalue weighted by Gasteiger charge is -2.33. The molecule has 9 nitrogen and oxygen atoms in total. The van der Waals surface area contributed by atoms with Gasteiger partial charge in [0.25, 0.3) is 0 Å². The largest absolute Gasteiger partial charge is 0.467 e. The number of esters is 1. The Morgan fingerprint density at radius 2 is 1.97 bits per heavy atom. The van der Waals surface area contributed by atoms with Crippen LogP contribution in [0.2, 0.25) is 0 Å². The van der Waals surface area contributed by atoms with E-state index in [4.69, 9.17) is 9.15 Å². The lowest BCUT2D eigenvalue weighted by atomic mass is 10.1. The van der Waals surface area contributed by atoms with Gasteiger partial charge in [0, 0.05) is 25.8 Å². The van der Waals surface area contributed by atoms with E-state index >= 15 is 0 Å². The molecule has 1 aliphatic carbocycles. The minimum atomic E-state index is -3.97. The summed E-state index contributed by atoms with van der Waals surface area (Å²) in [5, 5.41) is 0. The number of sulfonamides is 1. The van der Waals surface area contributed by atoms with Gasteiger partial charge in [-0.2, -0.15) is 4.31 Å². The minimum absolute atomic E-state index is 0.00814. The molecule has 1 aliphatic heterocycles. The molecular formula is C23H31N3O6S. The molecule has 1 saturated heterocycles. The number of carbonyl (C=O) groups is 2. The summed E-state index contributed by atoms with van der Waals surface area (Å²) in [5.74, 6) is -0.0768. The van der Waals surface area contributed by atoms with E-state index in [1.165, 1.54) is 21.1 Å². The van der Waals surface area contributed by atoms with E-state index in [1.807, 2.05) is 6.07 Å². The molecule has 33 heavy (non-hydrogen) atoms. The van der Waals surface area contributed by atoms with Gasteiger partial charge in [0.2, 0.25) is 15.9 Å². The lowest BCUT2D eigenvalue weighted by molar-refractivity contribution is -0.138. The number of nitrogens with zero attached hydrogens (tertiary/aromatic N) is 3. The molecule has 2 aromatic rings. The van der Waals surface area contributed by atoms with Gasteiger partial charge in [0.15, 0.2) is 0 Å². The van der Waals surface area contributed by atoms with Crippen molar-refractivity contribution in [3.8, 4) is 0 Å². The fourth-order valence-electron chi connectivity index (χ4n) is 4.86. The van der Waals surface area contributed by atoms with Gasteiger partial charge in [0.05, 0.1) is 19.4 Å². The van der Waals surface area contributed by atoms with Gasteiger partial charge < -0.3 is 18.6 Å². The molecule has 3 heterocycles. The molecule has 0 unspecified atom stereocenters. The van der Waals surface area contributed by atoms with E-state index in [1.54, 1.807) is 31.2 Å². The van der Waals surface area contributed by atoms with Crippen molar-refractivity contribution in [3.05, 3.63) is 42.1 Å². The first kappa shape index (κ1) is 23.6. The van der Waals surface area contributed by atoms with Gasteiger partial charge in [-0.25, -0.2) is 13.2 Å². The number of hydrogen-bond acceptors (Lipinski definition) is 6. The monoisotopic (exact) mass is 477 g/mol. The highest BCUT2D eigenvalue weighted by Gasteiger charge is 2.43. The van der Waals surface area contributed by atoms with Crippen molar-refractivity contribution in [2.45, 2.75) is 69.0 Å². The van der Waals surface area contributed by atoms with Gasteiger partial charge in [-0.15, -0.1) is 0 Å². The second-order valence-electron chi connectivity index (χ2n) is 8.65. The van der Waals surface area contributed by atoms with Crippen LogP contribution >= 0.6 is 0 Å². The van der Waals surface area contributed by atoms with Crippen LogP contribution in [0.5, 0.6) is 0 Å². The fourth-order valence-corrected chi connectivity index (χ4v) is 6.58. The molecule has 2 fully saturated rings. The van der Waals surface area contributed by atoms with Crippen molar-refractivity contribution in [2.75, 3.05) is 13.2 Å². The van der Waals surface area contributed by atoms with Gasteiger partial charge in [0.1, 0.15) is 22.4 Å². The summed E-state index contributed by atoms with van der Waals surface area (Å²) in [6.07, 6.45) is 7.98. The Hall–Kier alpha value is -2.59. The molecule has 4 rings (SSSR count). The van der Waals surface area contributed by atoms with Gasteiger partial charge in [-0.3, -0.25) is 4.79 Å². The molecule has 1 saturated carbocycles. The SMILES string of the molecule is CCOC(=O)c1cc(S(=O)(=O)N2CCC[C@@H]2C(=O)N(Cc2ccco2)C2CCCC2)cn1C. The molecular weight excluding hydrogens is 446 g/mol. The van der Waals surface area contributed by atoms with E-state index in [2.05, 4.69) is 0 Å². The number of carbonyl (C=O) groups excluding carboxylic acids is 2. The third kappa shape index (κ3) is 4.72. The number of hydrogen-bond donors (Lipinski definition) is 0. The summed E-state index contributed by atoms with van der Waals surface area (Å²) < 4.78 is 40.3. The molecule has 0 aromatic carbocycles. The molecule has 0 N–H and O–H groups in total. The minimum Gasteiger partial charge on any atom is -0.467 e. The standard InChI is InChI=1S/C23H31N3O6S/c1-3-31-23(28)21-14-19(16-24(21)2)33(29,30)26-12-6-11-20(26)22(27)25(17-8-4-5-9-17)15-18-10-7-13-32-18/h7,10,13-14,16-17,20H,3-6,8-9,11-12,15H2,1-2H3/t20-/m1/s1. The van der Waals surface area contributed by atoms with Crippen LogP contribution in [0.3, 0.4) is 0 Å². The lowest BCUT2D eigenvalue weighted by Crippen LogP contribution is -2.50. The van der Waals surface area contributed by atoms with Crippen LogP contribution in [-0.4, -0.2) is 59.3 Å². The molecule has 2 aliphatic rings. The maximum atomic E-state index is 13.7. The van der Waals surface area contributed by atoms with E-state index in [9.17, 15) is 18.0 Å². The van der Waals surface area contributed by atoms with Crippen LogP contribution in [-0.2, 0) is 33.1 Å². The highest BCUT2D eigenvalue weighted by molar-refractivity contribution is 7.89. The van der Waals surface area contributed by atoms with Crippen molar-refractivity contribution < 1.29 is 27.2 Å². The van der Waals surface area contributed by atoms with Crippen LogP contribution in [0, 0.1) is 0 Å². The van der Waals surface area contributed by atoms with Crippen molar-refractivity contribution in [1.82, 2.24) is 13.8 Å². The van der Waals surface area contributed by atoms with E-state index < -0.39 is 22.0 Å². The number of aryl methyl sites for hydroxylation is 1. The number of amides is 1. The number of furan rings is 1. The maximum absolute atomic E-state index is 13.7. The summed E-state index contributed by atoms with van der Waals surface area (Å²) in [5.41, 5.74) is 0.155. The molecule has 1 amide bonds. The van der Waals surface area contributed by atoms with E-state index in [0.717, 1.165) is 25.7 Å². The number of ether oxygens (including phenoxy) is 1. The third-order valence-electron chi connectivity index (χ3n) is 6.51. The summed E-state index contributed by atoms with van der Waals surface area (Å²) in [6.45, 7) is 2.49. The number of rotatable bonds is 8. The summed E-state index contributed by atoms with van der Waals surface area (Å²) in [7, 11) is -2.37. The van der Waals surface area contributed by atoms with E-state index in [-0.39, 0.29) is 35.7 Å². The van der Waals surface area contributed by atoms with Crippen LogP contribution in [0.15, 0.2) is 40.0 Å². The normalized spacial score (nSPS) is 19.8. The Labute approximate surface area is 194 Å². The summed E-state index contributed by atoms with van der Waals surface area (Å²) in [6, 6.07) is 4.26. The first-order valence-electron chi connectivity index (χ1n) is 11.5. The van der Waals surface area contributed by atoms with Crippen LogP contribution in [0.4, 0.5) is 0 Å². The van der Waals surface area contributed by atoms with Crippen molar-refractivity contribution in [3.63, 3.8) is 0 Å². The molecule has 180 valence electrons. The quantitative estimate of drug-likeness (QED) is 0.542. The van der Waals surface area contributed by atoms with Crippen LogP contribution in [0.1, 0.15) is 61.7 Å². The Balaban J connectivity index is 1.60. The summed E-state index contributed by atoms with van der Waals surface area (Å²) in [4.78, 5) is 27.7. The smallest absolute Gasteiger partial charge is 0.354 e. The topological polar surface area (TPSA) is 102 Å². The van der Waals surface area contributed by atoms with Crippen molar-refractivity contribution in [1.29, 1.82) is 0 Å². The molecule has 0 spiro atoms. The number of aromatic nitrogens is 1. The summed E-state index contributed by atoms with van der Waals surface area (Å²) >= 11 is 0. The second-order valence-corrected chi connectivity index (χ2v) is 10.5. The van der Waals surface area contributed by atoms with Gasteiger partial charge >= 0.3 is 5.97 Å². The first-order chi connectivity index (χ1) is 15.8. The molecule has 1 atom stereocenters. The zero-order valence-electron chi connectivity index (χ0n) is 19.1. The van der Waals surface area contributed by atoms with Crippen molar-refractivity contribution in [2.24, 2.45) is 7.05 Å². The Bertz CT molecular complexity index is 1090. The zero-order chi connectivity index (χ0) is 23.6. The predicted molar refractivity (Wildman–Crippen MR) is 120 cm³/mol. The molecule has 2 aromatic heterocycles. The maximum Gasteiger partial charge on any atom is 0.354 e. The second kappa shape index (κ2) is 9.72. The Morgan fingerprint density at radius 3 is 2.64 bits per heavy atom. The molecule has 0 radical (unpaired) electrons. The fraction of sp³-hybridized carbons (Fsp3) is 0.565. The van der Waals surface area contributed by atoms with Crippen LogP contribution < -0.4 is 0 Å². The van der Waals surface area contributed by atoms with Gasteiger partial charge in [-0.05, 0) is 50.8 Å². The highest BCUT2D eigenvalue weighted by atomic mass is 32.2. The van der Waals surface area contributed by atoms with Crippen molar-refractivity contribution >= 4 is 21.9 Å².